The van der Waals surface area contributed by atoms with Crippen LogP contribution < -0.4 is 28.4 Å². The van der Waals surface area contributed by atoms with E-state index < -0.39 is 0 Å². The molecule has 0 heterocycles. The molecule has 0 radical (unpaired) electrons. The molecular formula is C53H50O7. The number of hydrogen-bond donors (Lipinski definition) is 0. The van der Waals surface area contributed by atoms with Crippen molar-refractivity contribution < 1.29 is 33.2 Å². The van der Waals surface area contributed by atoms with Gasteiger partial charge < -0.3 is 33.2 Å². The van der Waals surface area contributed by atoms with Crippen LogP contribution in [0, 0.1) is 0 Å². The van der Waals surface area contributed by atoms with E-state index in [2.05, 4.69) is 6.58 Å². The van der Waals surface area contributed by atoms with E-state index in [1.54, 1.807) is 0 Å². The van der Waals surface area contributed by atoms with Gasteiger partial charge >= 0.3 is 0 Å². The van der Waals surface area contributed by atoms with E-state index in [-0.39, 0.29) is 13.2 Å². The molecule has 7 rings (SSSR count). The Hall–Kier alpha value is -6.96. The Morgan fingerprint density at radius 2 is 0.550 bits per heavy atom. The molecule has 7 nitrogen and oxygen atoms in total. The van der Waals surface area contributed by atoms with Crippen molar-refractivity contribution in [1.29, 1.82) is 0 Å². The number of rotatable bonds is 23. The molecule has 7 aromatic rings. The van der Waals surface area contributed by atoms with E-state index in [0.29, 0.717) is 74.1 Å². The fourth-order valence-electron chi connectivity index (χ4n) is 6.30. The van der Waals surface area contributed by atoms with Crippen LogP contribution in [0.15, 0.2) is 189 Å². The first-order valence-electron chi connectivity index (χ1n) is 20.2. The predicted molar refractivity (Wildman–Crippen MR) is 236 cm³/mol. The second-order valence-corrected chi connectivity index (χ2v) is 14.2. The summed E-state index contributed by atoms with van der Waals surface area (Å²) < 4.78 is 43.9. The lowest BCUT2D eigenvalue weighted by Crippen LogP contribution is -2.03. The average Bonchev–Trinajstić information content (AvgIpc) is 3.30. The van der Waals surface area contributed by atoms with Crippen molar-refractivity contribution in [2.75, 3.05) is 6.61 Å². The molecule has 0 unspecified atom stereocenters. The molecule has 0 spiro atoms. The molecule has 0 amide bonds. The summed E-state index contributed by atoms with van der Waals surface area (Å²) in [6, 6.07) is 58.0. The van der Waals surface area contributed by atoms with Crippen LogP contribution in [0.1, 0.15) is 45.4 Å². The predicted octanol–water partition coefficient (Wildman–Crippen LogP) is 12.3. The SMILES string of the molecule is C=CCCOCc1cc(OCc2cc(OCc3ccccc3)cc(OCc3ccccc3)c2)cc(OCc2cc(OCc3ccccc3)cc(OCc3ccccc3)c2)c1. The van der Waals surface area contributed by atoms with E-state index in [4.69, 9.17) is 33.2 Å². The Morgan fingerprint density at radius 1 is 0.300 bits per heavy atom. The lowest BCUT2D eigenvalue weighted by molar-refractivity contribution is 0.125. The first-order chi connectivity index (χ1) is 29.6. The van der Waals surface area contributed by atoms with Crippen molar-refractivity contribution in [3.8, 4) is 34.5 Å². The Labute approximate surface area is 353 Å². The summed E-state index contributed by atoms with van der Waals surface area (Å²) in [4.78, 5) is 0. The zero-order valence-electron chi connectivity index (χ0n) is 33.7. The van der Waals surface area contributed by atoms with Gasteiger partial charge in [-0.2, -0.15) is 0 Å². The third-order valence-corrected chi connectivity index (χ3v) is 9.36. The second-order valence-electron chi connectivity index (χ2n) is 14.2. The van der Waals surface area contributed by atoms with Crippen LogP contribution >= 0.6 is 0 Å². The maximum atomic E-state index is 6.47. The minimum absolute atomic E-state index is 0.271. The van der Waals surface area contributed by atoms with Crippen LogP contribution in [0.2, 0.25) is 0 Å². The summed E-state index contributed by atoms with van der Waals surface area (Å²) in [5.74, 6) is 4.06. The van der Waals surface area contributed by atoms with E-state index in [1.165, 1.54) is 0 Å². The molecule has 0 bridgehead atoms. The monoisotopic (exact) mass is 798 g/mol. The highest BCUT2D eigenvalue weighted by atomic mass is 16.5. The van der Waals surface area contributed by atoms with Crippen LogP contribution in [-0.2, 0) is 51.0 Å². The molecule has 7 heteroatoms. The molecule has 304 valence electrons. The first kappa shape index (κ1) is 41.2. The highest BCUT2D eigenvalue weighted by molar-refractivity contribution is 5.42. The van der Waals surface area contributed by atoms with Gasteiger partial charge in [0.1, 0.15) is 74.1 Å². The second kappa shape index (κ2) is 22.3. The van der Waals surface area contributed by atoms with E-state index in [0.717, 1.165) is 45.4 Å². The van der Waals surface area contributed by atoms with Crippen LogP contribution in [-0.4, -0.2) is 6.61 Å². The van der Waals surface area contributed by atoms with E-state index in [1.807, 2.05) is 182 Å². The third-order valence-electron chi connectivity index (χ3n) is 9.36. The zero-order chi connectivity index (χ0) is 41.0. The lowest BCUT2D eigenvalue weighted by Gasteiger charge is -2.16. The summed E-state index contributed by atoms with van der Waals surface area (Å²) in [7, 11) is 0. The van der Waals surface area contributed by atoms with Gasteiger partial charge in [0.2, 0.25) is 0 Å². The molecule has 0 atom stereocenters. The normalized spacial score (nSPS) is 10.7. The molecule has 0 aliphatic carbocycles. The Bertz CT molecular complexity index is 2070. The first-order valence-corrected chi connectivity index (χ1v) is 20.2. The maximum Gasteiger partial charge on any atom is 0.123 e. The quantitative estimate of drug-likeness (QED) is 0.0472. The Balaban J connectivity index is 1.08. The topological polar surface area (TPSA) is 64.6 Å². The fraction of sp³-hybridized carbons (Fsp3) is 0.170. The van der Waals surface area contributed by atoms with Crippen molar-refractivity contribution in [1.82, 2.24) is 0 Å². The molecule has 0 saturated carbocycles. The van der Waals surface area contributed by atoms with Gasteiger partial charge in [-0.15, -0.1) is 6.58 Å². The van der Waals surface area contributed by atoms with Gasteiger partial charge in [0.05, 0.1) is 13.2 Å². The number of ether oxygens (including phenoxy) is 7. The Kier molecular flexibility index (Phi) is 15.3. The molecular weight excluding hydrogens is 749 g/mol. The summed E-state index contributed by atoms with van der Waals surface area (Å²) in [6.45, 7) is 7.04. The molecule has 7 aromatic carbocycles. The maximum absolute atomic E-state index is 6.47. The minimum atomic E-state index is 0.271. The van der Waals surface area contributed by atoms with Crippen molar-refractivity contribution in [2.45, 2.75) is 52.7 Å². The smallest absolute Gasteiger partial charge is 0.123 e. The number of hydrogen-bond acceptors (Lipinski definition) is 7. The fourth-order valence-corrected chi connectivity index (χ4v) is 6.30. The molecule has 0 N–H and O–H groups in total. The molecule has 0 aliphatic rings. The molecule has 0 aromatic heterocycles. The van der Waals surface area contributed by atoms with Crippen LogP contribution in [0.3, 0.4) is 0 Å². The van der Waals surface area contributed by atoms with Crippen molar-refractivity contribution in [3.05, 3.63) is 228 Å². The van der Waals surface area contributed by atoms with Gasteiger partial charge in [0.25, 0.3) is 0 Å². The van der Waals surface area contributed by atoms with Gasteiger partial charge in [0.15, 0.2) is 0 Å². The van der Waals surface area contributed by atoms with Crippen molar-refractivity contribution in [2.24, 2.45) is 0 Å². The third kappa shape index (κ3) is 13.6. The summed E-state index contributed by atoms with van der Waals surface area (Å²) in [6.07, 6.45) is 2.60. The molecule has 0 aliphatic heterocycles. The average molecular weight is 799 g/mol. The summed E-state index contributed by atoms with van der Waals surface area (Å²) in [5.41, 5.74) is 7.02. The van der Waals surface area contributed by atoms with E-state index in [9.17, 15) is 0 Å². The van der Waals surface area contributed by atoms with Gasteiger partial charge in [-0.3, -0.25) is 0 Å². The van der Waals surface area contributed by atoms with Gasteiger partial charge in [-0.25, -0.2) is 0 Å². The van der Waals surface area contributed by atoms with Crippen molar-refractivity contribution >= 4 is 0 Å². The zero-order valence-corrected chi connectivity index (χ0v) is 33.7. The van der Waals surface area contributed by atoms with E-state index >= 15 is 0 Å². The van der Waals surface area contributed by atoms with Crippen LogP contribution in [0.25, 0.3) is 0 Å². The largest absolute Gasteiger partial charge is 0.489 e. The van der Waals surface area contributed by atoms with Gasteiger partial charge in [-0.1, -0.05) is 127 Å². The van der Waals surface area contributed by atoms with Gasteiger partial charge in [-0.05, 0) is 81.8 Å². The molecule has 0 fully saturated rings. The van der Waals surface area contributed by atoms with Crippen LogP contribution in [0.4, 0.5) is 0 Å². The summed E-state index contributed by atoms with van der Waals surface area (Å²) >= 11 is 0. The van der Waals surface area contributed by atoms with Crippen molar-refractivity contribution in [3.63, 3.8) is 0 Å². The van der Waals surface area contributed by atoms with Crippen LogP contribution in [0.5, 0.6) is 34.5 Å². The highest BCUT2D eigenvalue weighted by Gasteiger charge is 2.11. The lowest BCUT2D eigenvalue weighted by atomic mass is 10.2. The molecule has 60 heavy (non-hydrogen) atoms. The minimum Gasteiger partial charge on any atom is -0.489 e. The summed E-state index contributed by atoms with van der Waals surface area (Å²) in [5, 5.41) is 0. The molecule has 0 saturated heterocycles. The highest BCUT2D eigenvalue weighted by Crippen LogP contribution is 2.30. The standard InChI is InChI=1S/C53H50O7/c1-2-3-24-54-34-45-25-48(59-39-46-27-50(55-35-41-16-8-4-9-17-41)32-51(28-46)56-36-42-18-10-5-11-19-42)31-49(26-45)60-40-47-29-52(57-37-43-20-12-6-13-21-43)33-53(30-47)58-38-44-22-14-7-15-23-44/h2,4-23,25-33H,1,3,24,34-40H2. The number of benzene rings is 7. The van der Waals surface area contributed by atoms with Gasteiger partial charge in [0, 0.05) is 18.2 Å². The Morgan fingerprint density at radius 3 is 0.817 bits per heavy atom.